The van der Waals surface area contributed by atoms with Crippen LogP contribution in [0.4, 0.5) is 5.82 Å². The molecule has 1 saturated carbocycles. The number of ether oxygens (including phenoxy) is 2. The molecule has 2 fully saturated rings. The lowest BCUT2D eigenvalue weighted by molar-refractivity contribution is 0.122. The van der Waals surface area contributed by atoms with Crippen LogP contribution in [0.1, 0.15) is 43.8 Å². The molecule has 5 rings (SSSR count). The fourth-order valence-electron chi connectivity index (χ4n) is 4.64. The van der Waals surface area contributed by atoms with Crippen molar-refractivity contribution in [3.8, 4) is 17.3 Å². The largest absolute Gasteiger partial charge is 0.480 e. The third-order valence-corrected chi connectivity index (χ3v) is 6.27. The molecule has 0 radical (unpaired) electrons. The minimum atomic E-state index is -0.175. The van der Waals surface area contributed by atoms with E-state index >= 15 is 0 Å². The summed E-state index contributed by atoms with van der Waals surface area (Å²) < 4.78 is 12.9. The first-order chi connectivity index (χ1) is 15.2. The Morgan fingerprint density at radius 2 is 1.90 bits per heavy atom. The van der Waals surface area contributed by atoms with Crippen molar-refractivity contribution in [3.63, 3.8) is 0 Å². The maximum atomic E-state index is 13.1. The molecule has 0 bridgehead atoms. The molecule has 9 heteroatoms. The van der Waals surface area contributed by atoms with Gasteiger partial charge in [0.2, 0.25) is 5.88 Å². The molecule has 0 spiro atoms. The molecule has 0 atom stereocenters. The number of morpholine rings is 1. The normalized spacial score (nSPS) is 17.9. The highest BCUT2D eigenvalue weighted by Gasteiger charge is 2.24. The molecule has 0 aromatic carbocycles. The number of aromatic amines is 1. The summed E-state index contributed by atoms with van der Waals surface area (Å²) >= 11 is 0. The summed E-state index contributed by atoms with van der Waals surface area (Å²) in [5, 5.41) is 4.70. The predicted molar refractivity (Wildman–Crippen MR) is 118 cm³/mol. The molecule has 2 aliphatic rings. The molecule has 4 heterocycles. The summed E-state index contributed by atoms with van der Waals surface area (Å²) in [6.45, 7) is 4.85. The van der Waals surface area contributed by atoms with E-state index < -0.39 is 0 Å². The second-order valence-electron chi connectivity index (χ2n) is 8.26. The Bertz CT molecular complexity index is 1140. The van der Waals surface area contributed by atoms with Crippen molar-refractivity contribution in [2.45, 2.75) is 45.1 Å². The minimum Gasteiger partial charge on any atom is -0.480 e. The third-order valence-electron chi connectivity index (χ3n) is 6.27. The Balaban J connectivity index is 1.56. The molecule has 1 aliphatic heterocycles. The average Bonchev–Trinajstić information content (AvgIpc) is 3.16. The molecule has 1 saturated heterocycles. The van der Waals surface area contributed by atoms with Crippen LogP contribution in [0.5, 0.6) is 5.88 Å². The second-order valence-corrected chi connectivity index (χ2v) is 8.26. The first-order valence-electron chi connectivity index (χ1n) is 11.0. The number of pyridine rings is 1. The number of aromatic nitrogens is 5. The zero-order chi connectivity index (χ0) is 21.4. The summed E-state index contributed by atoms with van der Waals surface area (Å²) in [5.41, 5.74) is 2.45. The number of methoxy groups -OCH3 is 1. The van der Waals surface area contributed by atoms with Gasteiger partial charge < -0.3 is 19.4 Å². The van der Waals surface area contributed by atoms with Crippen molar-refractivity contribution in [1.82, 2.24) is 24.7 Å². The molecule has 164 valence electrons. The van der Waals surface area contributed by atoms with Crippen molar-refractivity contribution < 1.29 is 9.47 Å². The molecular weight excluding hydrogens is 396 g/mol. The maximum Gasteiger partial charge on any atom is 0.277 e. The van der Waals surface area contributed by atoms with E-state index in [2.05, 4.69) is 14.9 Å². The highest BCUT2D eigenvalue weighted by Crippen LogP contribution is 2.32. The predicted octanol–water partition coefficient (Wildman–Crippen LogP) is 2.84. The van der Waals surface area contributed by atoms with Gasteiger partial charge in [-0.3, -0.25) is 9.48 Å². The quantitative estimate of drug-likeness (QED) is 0.688. The third kappa shape index (κ3) is 3.67. The lowest BCUT2D eigenvalue weighted by atomic mass is 9.95. The smallest absolute Gasteiger partial charge is 0.277 e. The summed E-state index contributed by atoms with van der Waals surface area (Å²) in [4.78, 5) is 27.7. The molecule has 9 nitrogen and oxygen atoms in total. The lowest BCUT2D eigenvalue weighted by Gasteiger charge is -2.28. The van der Waals surface area contributed by atoms with Gasteiger partial charge in [-0.1, -0.05) is 19.3 Å². The van der Waals surface area contributed by atoms with Crippen LogP contribution >= 0.6 is 0 Å². The van der Waals surface area contributed by atoms with E-state index in [1.807, 2.05) is 23.7 Å². The number of nitrogens with one attached hydrogen (secondary N) is 1. The number of nitrogens with zero attached hydrogens (tertiary/aromatic N) is 5. The van der Waals surface area contributed by atoms with Crippen molar-refractivity contribution in [3.05, 3.63) is 28.2 Å². The van der Waals surface area contributed by atoms with E-state index in [0.717, 1.165) is 37.4 Å². The molecule has 1 aliphatic carbocycles. The van der Waals surface area contributed by atoms with E-state index in [0.29, 0.717) is 41.5 Å². The van der Waals surface area contributed by atoms with Crippen LogP contribution in [0.3, 0.4) is 0 Å². The van der Waals surface area contributed by atoms with Gasteiger partial charge in [0, 0.05) is 13.1 Å². The van der Waals surface area contributed by atoms with Crippen LogP contribution in [0.15, 0.2) is 16.9 Å². The topological polar surface area (TPSA) is 98.2 Å². The van der Waals surface area contributed by atoms with Gasteiger partial charge in [-0.2, -0.15) is 10.1 Å². The number of fused-ring (bicyclic) bond motifs is 1. The fourth-order valence-corrected chi connectivity index (χ4v) is 4.64. The number of hydrogen-bond donors (Lipinski definition) is 1. The number of anilines is 1. The van der Waals surface area contributed by atoms with Crippen LogP contribution in [0.25, 0.3) is 22.4 Å². The Morgan fingerprint density at radius 3 is 2.65 bits per heavy atom. The van der Waals surface area contributed by atoms with Crippen LogP contribution in [-0.4, -0.2) is 58.1 Å². The van der Waals surface area contributed by atoms with E-state index in [1.165, 1.54) is 19.3 Å². The van der Waals surface area contributed by atoms with Gasteiger partial charge in [0.15, 0.2) is 5.52 Å². The zero-order valence-electron chi connectivity index (χ0n) is 18.1. The minimum absolute atomic E-state index is 0.175. The summed E-state index contributed by atoms with van der Waals surface area (Å²) in [5.74, 6) is 1.71. The SMILES string of the molecule is COc1nc(N2CCOCC2)ccc1-c1nc2c(C)nn(C3CCCCC3)c2c(=O)[nH]1. The number of H-pyrrole nitrogens is 1. The van der Waals surface area contributed by atoms with Crippen LogP contribution in [0, 0.1) is 6.92 Å². The Labute approximate surface area is 180 Å². The molecule has 0 unspecified atom stereocenters. The summed E-state index contributed by atoms with van der Waals surface area (Å²) in [7, 11) is 1.58. The zero-order valence-corrected chi connectivity index (χ0v) is 18.1. The Morgan fingerprint density at radius 1 is 1.13 bits per heavy atom. The first kappa shape index (κ1) is 20.0. The van der Waals surface area contributed by atoms with Gasteiger partial charge in [-0.25, -0.2) is 4.98 Å². The Hall–Kier alpha value is -2.94. The van der Waals surface area contributed by atoms with Crippen molar-refractivity contribution in [2.24, 2.45) is 0 Å². The number of aryl methyl sites for hydroxylation is 1. The monoisotopic (exact) mass is 424 g/mol. The fraction of sp³-hybridized carbons (Fsp3) is 0.545. The molecule has 3 aromatic heterocycles. The summed E-state index contributed by atoms with van der Waals surface area (Å²) in [6, 6.07) is 4.11. The van der Waals surface area contributed by atoms with Crippen molar-refractivity contribution in [1.29, 1.82) is 0 Å². The first-order valence-corrected chi connectivity index (χ1v) is 11.0. The van der Waals surface area contributed by atoms with Crippen LogP contribution in [-0.2, 0) is 4.74 Å². The van der Waals surface area contributed by atoms with Crippen LogP contribution < -0.4 is 15.2 Å². The van der Waals surface area contributed by atoms with Gasteiger partial charge in [0.05, 0.1) is 37.6 Å². The van der Waals surface area contributed by atoms with Crippen LogP contribution in [0.2, 0.25) is 0 Å². The highest BCUT2D eigenvalue weighted by molar-refractivity contribution is 5.79. The van der Waals surface area contributed by atoms with Gasteiger partial charge in [0.1, 0.15) is 17.2 Å². The number of hydrogen-bond acceptors (Lipinski definition) is 7. The lowest BCUT2D eigenvalue weighted by Crippen LogP contribution is -2.36. The van der Waals surface area contributed by atoms with E-state index in [9.17, 15) is 4.79 Å². The maximum absolute atomic E-state index is 13.1. The van der Waals surface area contributed by atoms with Crippen molar-refractivity contribution >= 4 is 16.9 Å². The average molecular weight is 425 g/mol. The molecule has 31 heavy (non-hydrogen) atoms. The van der Waals surface area contributed by atoms with Gasteiger partial charge in [-0.15, -0.1) is 0 Å². The standard InChI is InChI=1S/C22H28N6O3/c1-14-18-19(28(26-14)15-6-4-3-5-7-15)21(29)25-20(24-18)16-8-9-17(23-22(16)30-2)27-10-12-31-13-11-27/h8-9,15H,3-7,10-13H2,1-2H3,(H,24,25,29). The molecule has 0 amide bonds. The van der Waals surface area contributed by atoms with Crippen molar-refractivity contribution in [2.75, 3.05) is 38.3 Å². The van der Waals surface area contributed by atoms with E-state index in [-0.39, 0.29) is 11.6 Å². The molecular formula is C22H28N6O3. The van der Waals surface area contributed by atoms with Gasteiger partial charge in [-0.05, 0) is 31.9 Å². The highest BCUT2D eigenvalue weighted by atomic mass is 16.5. The van der Waals surface area contributed by atoms with Gasteiger partial charge >= 0.3 is 0 Å². The Kier molecular flexibility index (Phi) is 5.35. The van der Waals surface area contributed by atoms with Gasteiger partial charge in [0.25, 0.3) is 5.56 Å². The van der Waals surface area contributed by atoms with E-state index in [4.69, 9.17) is 19.6 Å². The number of rotatable bonds is 4. The molecule has 1 N–H and O–H groups in total. The van der Waals surface area contributed by atoms with E-state index in [1.54, 1.807) is 7.11 Å². The molecule has 3 aromatic rings. The second kappa shape index (κ2) is 8.30. The summed E-state index contributed by atoms with van der Waals surface area (Å²) in [6.07, 6.45) is 5.71.